The molecule has 0 atom stereocenters. The molecule has 0 radical (unpaired) electrons. The fourth-order valence-corrected chi connectivity index (χ4v) is 2.34. The van der Waals surface area contributed by atoms with Crippen LogP contribution >= 0.6 is 0 Å². The molecule has 0 heterocycles. The molecule has 0 aliphatic rings. The van der Waals surface area contributed by atoms with E-state index in [-0.39, 0.29) is 11.8 Å². The number of urea groups is 1. The van der Waals surface area contributed by atoms with Gasteiger partial charge in [0.15, 0.2) is 5.78 Å². The van der Waals surface area contributed by atoms with Gasteiger partial charge in [0.05, 0.1) is 0 Å². The van der Waals surface area contributed by atoms with Crippen LogP contribution in [0.15, 0.2) is 78.9 Å². The number of hydrogen-bond acceptors (Lipinski definition) is 3. The summed E-state index contributed by atoms with van der Waals surface area (Å²) in [5, 5.41) is 5.45. The summed E-state index contributed by atoms with van der Waals surface area (Å²) in [6.07, 6.45) is 0. The molecule has 5 heteroatoms. The molecule has 0 saturated heterocycles. The molecule has 26 heavy (non-hydrogen) atoms. The topological polar surface area (TPSA) is 67.4 Å². The largest absolute Gasteiger partial charge is 0.457 e. The second-order valence-corrected chi connectivity index (χ2v) is 5.66. The Balaban J connectivity index is 1.59. The van der Waals surface area contributed by atoms with E-state index in [4.69, 9.17) is 4.74 Å². The molecular formula is C21H18N2O3. The van der Waals surface area contributed by atoms with Gasteiger partial charge in [-0.3, -0.25) is 4.79 Å². The predicted molar refractivity (Wildman–Crippen MR) is 102 cm³/mol. The lowest BCUT2D eigenvalue weighted by atomic mass is 10.1. The highest BCUT2D eigenvalue weighted by atomic mass is 16.5. The van der Waals surface area contributed by atoms with E-state index >= 15 is 0 Å². The number of nitrogens with one attached hydrogen (secondary N) is 2. The molecule has 3 aromatic rings. The van der Waals surface area contributed by atoms with Crippen LogP contribution in [0.4, 0.5) is 16.2 Å². The standard InChI is InChI=1S/C21H18N2O3/c1-15(24)16-6-5-7-18(14-16)23-21(25)22-17-10-12-20(13-11-17)26-19-8-3-2-4-9-19/h2-14H,1H3,(H2,22,23,25). The first-order valence-corrected chi connectivity index (χ1v) is 8.12. The van der Waals surface area contributed by atoms with Gasteiger partial charge in [0.2, 0.25) is 0 Å². The Labute approximate surface area is 151 Å². The maximum Gasteiger partial charge on any atom is 0.323 e. The highest BCUT2D eigenvalue weighted by Crippen LogP contribution is 2.22. The molecule has 3 aromatic carbocycles. The summed E-state index contributed by atoms with van der Waals surface area (Å²) in [5.41, 5.74) is 1.73. The number of hydrogen-bond donors (Lipinski definition) is 2. The van der Waals surface area contributed by atoms with E-state index in [0.29, 0.717) is 22.7 Å². The maximum absolute atomic E-state index is 12.1. The number of carbonyl (C=O) groups is 2. The van der Waals surface area contributed by atoms with Gasteiger partial charge in [-0.1, -0.05) is 30.3 Å². The van der Waals surface area contributed by atoms with Crippen molar-refractivity contribution in [1.82, 2.24) is 0 Å². The van der Waals surface area contributed by atoms with Crippen molar-refractivity contribution < 1.29 is 14.3 Å². The van der Waals surface area contributed by atoms with E-state index in [1.807, 2.05) is 30.3 Å². The number of para-hydroxylation sites is 1. The van der Waals surface area contributed by atoms with Gasteiger partial charge in [-0.15, -0.1) is 0 Å². The second kappa shape index (κ2) is 7.98. The smallest absolute Gasteiger partial charge is 0.323 e. The molecule has 2 N–H and O–H groups in total. The third-order valence-corrected chi connectivity index (χ3v) is 3.62. The number of rotatable bonds is 5. The fourth-order valence-electron chi connectivity index (χ4n) is 2.34. The lowest BCUT2D eigenvalue weighted by molar-refractivity contribution is 0.101. The summed E-state index contributed by atoms with van der Waals surface area (Å²) < 4.78 is 5.71. The Morgan fingerprint density at radius 2 is 1.38 bits per heavy atom. The number of ketones is 1. The van der Waals surface area contributed by atoms with E-state index in [1.54, 1.807) is 48.5 Å². The second-order valence-electron chi connectivity index (χ2n) is 5.66. The van der Waals surface area contributed by atoms with E-state index in [1.165, 1.54) is 6.92 Å². The minimum absolute atomic E-state index is 0.0527. The number of carbonyl (C=O) groups excluding carboxylic acids is 2. The van der Waals surface area contributed by atoms with Crippen LogP contribution in [0, 0.1) is 0 Å². The summed E-state index contributed by atoms with van der Waals surface area (Å²) in [4.78, 5) is 23.5. The van der Waals surface area contributed by atoms with Crippen LogP contribution in [-0.2, 0) is 0 Å². The Bertz CT molecular complexity index is 906. The van der Waals surface area contributed by atoms with Crippen LogP contribution in [0.3, 0.4) is 0 Å². The van der Waals surface area contributed by atoms with Gasteiger partial charge < -0.3 is 15.4 Å². The molecular weight excluding hydrogens is 328 g/mol. The molecule has 0 bridgehead atoms. The summed E-state index contributed by atoms with van der Waals surface area (Å²) in [6, 6.07) is 22.9. The van der Waals surface area contributed by atoms with Gasteiger partial charge in [0, 0.05) is 16.9 Å². The van der Waals surface area contributed by atoms with Crippen molar-refractivity contribution in [3.05, 3.63) is 84.4 Å². The summed E-state index contributed by atoms with van der Waals surface area (Å²) in [6.45, 7) is 1.48. The van der Waals surface area contributed by atoms with Crippen molar-refractivity contribution >= 4 is 23.2 Å². The van der Waals surface area contributed by atoms with Gasteiger partial charge in [0.1, 0.15) is 11.5 Å². The van der Waals surface area contributed by atoms with Crippen LogP contribution in [0.1, 0.15) is 17.3 Å². The van der Waals surface area contributed by atoms with Crippen molar-refractivity contribution in [2.24, 2.45) is 0 Å². The predicted octanol–water partition coefficient (Wildman–Crippen LogP) is 5.33. The zero-order valence-electron chi connectivity index (χ0n) is 14.2. The third kappa shape index (κ3) is 4.70. The van der Waals surface area contributed by atoms with E-state index in [9.17, 15) is 9.59 Å². The molecule has 3 rings (SSSR count). The van der Waals surface area contributed by atoms with Crippen molar-refractivity contribution in [2.45, 2.75) is 6.92 Å². The average molecular weight is 346 g/mol. The van der Waals surface area contributed by atoms with Crippen molar-refractivity contribution in [3.8, 4) is 11.5 Å². The third-order valence-electron chi connectivity index (χ3n) is 3.62. The molecule has 130 valence electrons. The van der Waals surface area contributed by atoms with Gasteiger partial charge >= 0.3 is 6.03 Å². The molecule has 5 nitrogen and oxygen atoms in total. The highest BCUT2D eigenvalue weighted by Gasteiger charge is 2.05. The molecule has 0 aliphatic carbocycles. The Morgan fingerprint density at radius 1 is 0.731 bits per heavy atom. The van der Waals surface area contributed by atoms with Crippen LogP contribution in [0.25, 0.3) is 0 Å². The minimum Gasteiger partial charge on any atom is -0.457 e. The highest BCUT2D eigenvalue weighted by molar-refractivity contribution is 6.01. The van der Waals surface area contributed by atoms with Crippen molar-refractivity contribution in [2.75, 3.05) is 10.6 Å². The van der Waals surface area contributed by atoms with E-state index < -0.39 is 0 Å². The molecule has 0 fully saturated rings. The first-order valence-electron chi connectivity index (χ1n) is 8.12. The van der Waals surface area contributed by atoms with Gasteiger partial charge in [-0.25, -0.2) is 4.79 Å². The molecule has 0 aliphatic heterocycles. The van der Waals surface area contributed by atoms with E-state index in [0.717, 1.165) is 5.75 Å². The van der Waals surface area contributed by atoms with Gasteiger partial charge in [-0.2, -0.15) is 0 Å². The number of amides is 2. The lowest BCUT2D eigenvalue weighted by Crippen LogP contribution is -2.19. The zero-order chi connectivity index (χ0) is 18.4. The molecule has 0 spiro atoms. The summed E-state index contributed by atoms with van der Waals surface area (Å²) >= 11 is 0. The number of benzene rings is 3. The van der Waals surface area contributed by atoms with Crippen LogP contribution in [0.2, 0.25) is 0 Å². The van der Waals surface area contributed by atoms with Crippen LogP contribution < -0.4 is 15.4 Å². The normalized spacial score (nSPS) is 10.0. The lowest BCUT2D eigenvalue weighted by Gasteiger charge is -2.10. The maximum atomic E-state index is 12.1. The molecule has 2 amide bonds. The number of Topliss-reactive ketones (excluding diaryl/α,β-unsaturated/α-hetero) is 1. The first-order chi connectivity index (χ1) is 12.6. The zero-order valence-corrected chi connectivity index (χ0v) is 14.2. The molecule has 0 aromatic heterocycles. The van der Waals surface area contributed by atoms with Crippen molar-refractivity contribution in [1.29, 1.82) is 0 Å². The van der Waals surface area contributed by atoms with Crippen molar-refractivity contribution in [3.63, 3.8) is 0 Å². The number of anilines is 2. The Kier molecular flexibility index (Phi) is 5.29. The van der Waals surface area contributed by atoms with Crippen LogP contribution in [-0.4, -0.2) is 11.8 Å². The fraction of sp³-hybridized carbons (Fsp3) is 0.0476. The first kappa shape index (κ1) is 17.2. The number of ether oxygens (including phenoxy) is 1. The Morgan fingerprint density at radius 3 is 2.08 bits per heavy atom. The summed E-state index contributed by atoms with van der Waals surface area (Å²) in [7, 11) is 0. The molecule has 0 saturated carbocycles. The monoisotopic (exact) mass is 346 g/mol. The minimum atomic E-state index is -0.387. The van der Waals surface area contributed by atoms with Crippen LogP contribution in [0.5, 0.6) is 11.5 Å². The summed E-state index contributed by atoms with van der Waals surface area (Å²) in [5.74, 6) is 1.37. The molecule has 0 unspecified atom stereocenters. The van der Waals surface area contributed by atoms with E-state index in [2.05, 4.69) is 10.6 Å². The van der Waals surface area contributed by atoms with Gasteiger partial charge in [0.25, 0.3) is 0 Å². The van der Waals surface area contributed by atoms with Gasteiger partial charge in [-0.05, 0) is 55.5 Å². The quantitative estimate of drug-likeness (QED) is 0.614. The SMILES string of the molecule is CC(=O)c1cccc(NC(=O)Nc2ccc(Oc3ccccc3)cc2)c1. The average Bonchev–Trinajstić information content (AvgIpc) is 2.64. The Hall–Kier alpha value is -3.60.